The Labute approximate surface area is 132 Å². The van der Waals surface area contributed by atoms with Crippen LogP contribution in [-0.4, -0.2) is 5.91 Å². The van der Waals surface area contributed by atoms with Gasteiger partial charge in [-0.15, -0.1) is 0 Å². The van der Waals surface area contributed by atoms with Gasteiger partial charge in [-0.1, -0.05) is 52.0 Å². The topological polar surface area (TPSA) is 42.2 Å². The van der Waals surface area contributed by atoms with Crippen molar-refractivity contribution in [2.24, 2.45) is 5.92 Å². The van der Waals surface area contributed by atoms with Gasteiger partial charge in [0.05, 0.1) is 17.9 Å². The minimum atomic E-state index is -0.0853. The number of amides is 1. The van der Waals surface area contributed by atoms with E-state index in [2.05, 4.69) is 57.3 Å². The molecule has 0 aliphatic heterocycles. The summed E-state index contributed by atoms with van der Waals surface area (Å²) in [6.45, 7) is 10.4. The fourth-order valence-corrected chi connectivity index (χ4v) is 2.56. The van der Waals surface area contributed by atoms with E-state index in [9.17, 15) is 4.79 Å². The molecule has 3 heteroatoms. The quantitative estimate of drug-likeness (QED) is 0.858. The van der Waals surface area contributed by atoms with E-state index in [-0.39, 0.29) is 11.9 Å². The van der Waals surface area contributed by atoms with Crippen LogP contribution >= 0.6 is 0 Å². The first-order valence-electron chi connectivity index (χ1n) is 7.85. The monoisotopic (exact) mass is 299 g/mol. The van der Waals surface area contributed by atoms with Crippen LogP contribution in [0.25, 0.3) is 0 Å². The molecule has 1 aromatic heterocycles. The molecule has 0 saturated heterocycles. The second-order valence-electron chi connectivity index (χ2n) is 6.41. The van der Waals surface area contributed by atoms with Gasteiger partial charge >= 0.3 is 0 Å². The van der Waals surface area contributed by atoms with Crippen LogP contribution in [-0.2, 0) is 0 Å². The van der Waals surface area contributed by atoms with Gasteiger partial charge in [-0.2, -0.15) is 0 Å². The lowest BCUT2D eigenvalue weighted by molar-refractivity contribution is 0.0924. The number of aryl methyl sites for hydroxylation is 1. The van der Waals surface area contributed by atoms with E-state index >= 15 is 0 Å². The van der Waals surface area contributed by atoms with Crippen molar-refractivity contribution in [2.75, 3.05) is 0 Å². The van der Waals surface area contributed by atoms with Gasteiger partial charge in [-0.3, -0.25) is 4.79 Å². The van der Waals surface area contributed by atoms with Gasteiger partial charge < -0.3 is 9.73 Å². The van der Waals surface area contributed by atoms with Crippen molar-refractivity contribution < 1.29 is 9.21 Å². The molecule has 0 bridgehead atoms. The highest BCUT2D eigenvalue weighted by Gasteiger charge is 2.21. The molecule has 0 fully saturated rings. The van der Waals surface area contributed by atoms with Gasteiger partial charge in [0.2, 0.25) is 0 Å². The van der Waals surface area contributed by atoms with Crippen LogP contribution in [0.1, 0.15) is 66.9 Å². The highest BCUT2D eigenvalue weighted by molar-refractivity contribution is 5.95. The Hall–Kier alpha value is -2.03. The van der Waals surface area contributed by atoms with Crippen LogP contribution in [0.5, 0.6) is 0 Å². The van der Waals surface area contributed by atoms with Crippen molar-refractivity contribution in [1.82, 2.24) is 5.32 Å². The Balaban J connectivity index is 2.20. The maximum atomic E-state index is 12.4. The fourth-order valence-electron chi connectivity index (χ4n) is 2.56. The lowest BCUT2D eigenvalue weighted by Gasteiger charge is -2.23. The van der Waals surface area contributed by atoms with E-state index in [1.54, 1.807) is 19.3 Å². The molecule has 2 aromatic rings. The van der Waals surface area contributed by atoms with Crippen LogP contribution in [0.3, 0.4) is 0 Å². The van der Waals surface area contributed by atoms with Crippen LogP contribution in [0.4, 0.5) is 0 Å². The Morgan fingerprint density at radius 3 is 2.05 bits per heavy atom. The number of benzene rings is 1. The average molecular weight is 299 g/mol. The van der Waals surface area contributed by atoms with Crippen molar-refractivity contribution in [3.8, 4) is 0 Å². The van der Waals surface area contributed by atoms with Gasteiger partial charge in [0.15, 0.2) is 0 Å². The first-order chi connectivity index (χ1) is 10.4. The minimum Gasteiger partial charge on any atom is -0.469 e. The van der Waals surface area contributed by atoms with Gasteiger partial charge in [-0.05, 0) is 36.0 Å². The normalized spacial score (nSPS) is 12.7. The van der Waals surface area contributed by atoms with Crippen LogP contribution in [0.15, 0.2) is 41.0 Å². The highest BCUT2D eigenvalue weighted by atomic mass is 16.3. The molecule has 2 rings (SSSR count). The number of rotatable bonds is 5. The summed E-state index contributed by atoms with van der Waals surface area (Å²) in [6.07, 6.45) is 1.55. The molecule has 1 aromatic carbocycles. The molecular weight excluding hydrogens is 274 g/mol. The molecule has 3 nitrogen and oxygen atoms in total. The number of hydrogen-bond donors (Lipinski definition) is 1. The third kappa shape index (κ3) is 3.59. The van der Waals surface area contributed by atoms with Gasteiger partial charge in [0, 0.05) is 0 Å². The highest BCUT2D eigenvalue weighted by Crippen LogP contribution is 2.25. The maximum Gasteiger partial charge on any atom is 0.255 e. The molecule has 0 radical (unpaired) electrons. The summed E-state index contributed by atoms with van der Waals surface area (Å²) < 4.78 is 5.21. The van der Waals surface area contributed by atoms with E-state index < -0.39 is 0 Å². The second kappa shape index (κ2) is 6.82. The number of nitrogens with one attached hydrogen (secondary N) is 1. The molecule has 0 spiro atoms. The first-order valence-corrected chi connectivity index (χ1v) is 7.85. The Bertz CT molecular complexity index is 623. The van der Waals surface area contributed by atoms with E-state index in [0.29, 0.717) is 23.2 Å². The predicted octanol–water partition coefficient (Wildman–Crippen LogP) is 4.84. The van der Waals surface area contributed by atoms with Crippen molar-refractivity contribution in [3.05, 3.63) is 59.0 Å². The maximum absolute atomic E-state index is 12.4. The zero-order valence-electron chi connectivity index (χ0n) is 14.0. The predicted molar refractivity (Wildman–Crippen MR) is 89.0 cm³/mol. The summed E-state index contributed by atoms with van der Waals surface area (Å²) in [6, 6.07) is 10.2. The molecule has 0 saturated carbocycles. The molecular formula is C19H25NO2. The molecule has 0 aliphatic carbocycles. The first kappa shape index (κ1) is 16.3. The van der Waals surface area contributed by atoms with Crippen LogP contribution in [0.2, 0.25) is 0 Å². The molecule has 22 heavy (non-hydrogen) atoms. The molecule has 1 amide bonds. The van der Waals surface area contributed by atoms with E-state index in [1.165, 1.54) is 5.56 Å². The summed E-state index contributed by atoms with van der Waals surface area (Å²) in [5, 5.41) is 3.13. The third-order valence-electron chi connectivity index (χ3n) is 4.02. The number of hydrogen-bond acceptors (Lipinski definition) is 2. The molecule has 118 valence electrons. The Morgan fingerprint density at radius 2 is 1.59 bits per heavy atom. The molecule has 1 N–H and O–H groups in total. The lowest BCUT2D eigenvalue weighted by atomic mass is 9.93. The van der Waals surface area contributed by atoms with Crippen LogP contribution in [0, 0.1) is 12.8 Å². The lowest BCUT2D eigenvalue weighted by Crippen LogP contribution is -2.31. The standard InChI is InChI=1S/C19H25NO2/c1-12(2)15-6-8-16(9-7-15)18(13(3)4)20-19(21)17-10-11-22-14(17)5/h6-13,18H,1-5H3,(H,20,21). The SMILES string of the molecule is Cc1occc1C(=O)NC(c1ccc(C(C)C)cc1)C(C)C. The number of carbonyl (C=O) groups is 1. The molecule has 1 heterocycles. The van der Waals surface area contributed by atoms with E-state index in [4.69, 9.17) is 4.42 Å². The number of carbonyl (C=O) groups excluding carboxylic acids is 1. The second-order valence-corrected chi connectivity index (χ2v) is 6.41. The minimum absolute atomic E-state index is 0.0111. The zero-order chi connectivity index (χ0) is 16.3. The number of furan rings is 1. The van der Waals surface area contributed by atoms with Crippen molar-refractivity contribution in [3.63, 3.8) is 0 Å². The van der Waals surface area contributed by atoms with E-state index in [0.717, 1.165) is 5.56 Å². The summed E-state index contributed by atoms with van der Waals surface area (Å²) in [5.41, 5.74) is 3.04. The summed E-state index contributed by atoms with van der Waals surface area (Å²) in [4.78, 5) is 12.4. The van der Waals surface area contributed by atoms with Crippen molar-refractivity contribution in [2.45, 2.75) is 46.6 Å². The van der Waals surface area contributed by atoms with Gasteiger partial charge in [0.1, 0.15) is 5.76 Å². The largest absolute Gasteiger partial charge is 0.469 e. The molecule has 1 unspecified atom stereocenters. The molecule has 1 atom stereocenters. The molecule has 0 aliphatic rings. The van der Waals surface area contributed by atoms with Gasteiger partial charge in [0.25, 0.3) is 5.91 Å². The summed E-state index contributed by atoms with van der Waals surface area (Å²) in [5.74, 6) is 1.38. The van der Waals surface area contributed by atoms with Crippen molar-refractivity contribution >= 4 is 5.91 Å². The Morgan fingerprint density at radius 1 is 1.00 bits per heavy atom. The van der Waals surface area contributed by atoms with Gasteiger partial charge in [-0.25, -0.2) is 0 Å². The third-order valence-corrected chi connectivity index (χ3v) is 4.02. The summed E-state index contributed by atoms with van der Waals surface area (Å²) in [7, 11) is 0. The smallest absolute Gasteiger partial charge is 0.255 e. The van der Waals surface area contributed by atoms with Crippen LogP contribution < -0.4 is 5.32 Å². The summed E-state index contributed by atoms with van der Waals surface area (Å²) >= 11 is 0. The van der Waals surface area contributed by atoms with Crippen molar-refractivity contribution in [1.29, 1.82) is 0 Å². The van der Waals surface area contributed by atoms with E-state index in [1.807, 2.05) is 0 Å². The average Bonchev–Trinajstić information content (AvgIpc) is 2.90. The zero-order valence-corrected chi connectivity index (χ0v) is 14.0. The Kier molecular flexibility index (Phi) is 5.07. The fraction of sp³-hybridized carbons (Fsp3) is 0.421.